The molecule has 1 aliphatic rings. The molecule has 8 heteroatoms. The van der Waals surface area contributed by atoms with Crippen molar-refractivity contribution in [3.8, 4) is 0 Å². The lowest BCUT2D eigenvalue weighted by atomic mass is 10.2. The Bertz CT molecular complexity index is 1210. The molecular formula is C23H28N4O3S. The van der Waals surface area contributed by atoms with Crippen LogP contribution in [0.3, 0.4) is 0 Å². The Morgan fingerprint density at radius 3 is 2.39 bits per heavy atom. The number of carbonyl (C=O) groups is 1. The molecule has 0 spiro atoms. The fourth-order valence-corrected chi connectivity index (χ4v) is 6.17. The maximum absolute atomic E-state index is 13.7. The molecule has 164 valence electrons. The number of aromatic nitrogens is 2. The number of carbonyl (C=O) groups excluding carboxylic acids is 1. The second-order valence-corrected chi connectivity index (χ2v) is 10.3. The molecule has 0 bridgehead atoms. The van der Waals surface area contributed by atoms with E-state index in [-0.39, 0.29) is 28.9 Å². The molecule has 4 rings (SSSR count). The summed E-state index contributed by atoms with van der Waals surface area (Å²) in [5.41, 5.74) is 2.08. The van der Waals surface area contributed by atoms with Crippen molar-refractivity contribution in [2.75, 3.05) is 5.32 Å². The van der Waals surface area contributed by atoms with Crippen LogP contribution >= 0.6 is 0 Å². The third-order valence-corrected chi connectivity index (χ3v) is 7.56. The minimum absolute atomic E-state index is 0.0477. The van der Waals surface area contributed by atoms with Crippen molar-refractivity contribution < 1.29 is 13.2 Å². The number of rotatable bonds is 7. The number of para-hydroxylation sites is 1. The van der Waals surface area contributed by atoms with E-state index >= 15 is 0 Å². The zero-order valence-corrected chi connectivity index (χ0v) is 19.1. The average molecular weight is 441 g/mol. The summed E-state index contributed by atoms with van der Waals surface area (Å²) < 4.78 is 30.6. The van der Waals surface area contributed by atoms with Gasteiger partial charge in [0.05, 0.1) is 5.69 Å². The predicted octanol–water partition coefficient (Wildman–Crippen LogP) is 4.27. The minimum atomic E-state index is -3.74. The van der Waals surface area contributed by atoms with E-state index in [2.05, 4.69) is 10.3 Å². The monoisotopic (exact) mass is 440 g/mol. The van der Waals surface area contributed by atoms with Gasteiger partial charge in [-0.3, -0.25) is 9.20 Å². The zero-order valence-electron chi connectivity index (χ0n) is 18.2. The van der Waals surface area contributed by atoms with Crippen LogP contribution in [0, 0.1) is 0 Å². The molecule has 1 amide bonds. The molecule has 0 aliphatic heterocycles. The van der Waals surface area contributed by atoms with Crippen LogP contribution in [0.15, 0.2) is 53.7 Å². The van der Waals surface area contributed by atoms with Crippen LogP contribution in [0.4, 0.5) is 5.69 Å². The van der Waals surface area contributed by atoms with E-state index in [4.69, 9.17) is 0 Å². The molecule has 7 nitrogen and oxygen atoms in total. The molecule has 2 aromatic heterocycles. The summed E-state index contributed by atoms with van der Waals surface area (Å²) in [6.45, 7) is 7.67. The second kappa shape index (κ2) is 8.09. The van der Waals surface area contributed by atoms with Gasteiger partial charge in [0.25, 0.3) is 15.9 Å². The summed E-state index contributed by atoms with van der Waals surface area (Å²) in [5, 5.41) is 3.05. The molecule has 2 heterocycles. The second-order valence-electron chi connectivity index (χ2n) is 8.58. The Morgan fingerprint density at radius 2 is 1.81 bits per heavy atom. The van der Waals surface area contributed by atoms with Crippen LogP contribution in [0.1, 0.15) is 62.5 Å². The Labute approximate surface area is 183 Å². The van der Waals surface area contributed by atoms with E-state index in [1.807, 2.05) is 58.0 Å². The van der Waals surface area contributed by atoms with Gasteiger partial charge in [-0.15, -0.1) is 0 Å². The first-order valence-electron chi connectivity index (χ1n) is 10.6. The summed E-state index contributed by atoms with van der Waals surface area (Å²) in [5.74, 6) is -0.353. The lowest BCUT2D eigenvalue weighted by molar-refractivity contribution is 0.102. The van der Waals surface area contributed by atoms with Crippen molar-refractivity contribution in [3.63, 3.8) is 0 Å². The number of benzene rings is 1. The third-order valence-electron chi connectivity index (χ3n) is 5.39. The van der Waals surface area contributed by atoms with Crippen LogP contribution in [0.5, 0.6) is 0 Å². The number of amides is 1. The summed E-state index contributed by atoms with van der Waals surface area (Å²) in [7, 11) is -3.74. The van der Waals surface area contributed by atoms with Crippen molar-refractivity contribution in [2.45, 2.75) is 63.6 Å². The maximum atomic E-state index is 13.7. The number of pyridine rings is 1. The lowest BCUT2D eigenvalue weighted by Gasteiger charge is -2.26. The molecule has 1 N–H and O–H groups in total. The molecule has 0 unspecified atom stereocenters. The van der Waals surface area contributed by atoms with E-state index in [1.54, 1.807) is 27.0 Å². The summed E-state index contributed by atoms with van der Waals surface area (Å²) >= 11 is 0. The third kappa shape index (κ3) is 4.09. The molecule has 3 aromatic rings. The Balaban J connectivity index is 1.78. The van der Waals surface area contributed by atoms with Crippen LogP contribution in [-0.2, 0) is 10.0 Å². The zero-order chi connectivity index (χ0) is 22.3. The Hall–Kier alpha value is -2.71. The maximum Gasteiger partial charge on any atom is 0.261 e. The first-order chi connectivity index (χ1) is 14.7. The van der Waals surface area contributed by atoms with Crippen molar-refractivity contribution in [1.82, 2.24) is 13.7 Å². The SMILES string of the molecule is CC(C)c1nc2cc(C(=O)Nc3ccccc3)ccn2c1S(=O)(=O)N(C(C)C)C1CC1. The molecule has 1 aromatic carbocycles. The predicted molar refractivity (Wildman–Crippen MR) is 121 cm³/mol. The summed E-state index contributed by atoms with van der Waals surface area (Å²) in [4.78, 5) is 17.3. The van der Waals surface area contributed by atoms with Gasteiger partial charge in [-0.2, -0.15) is 4.31 Å². The topological polar surface area (TPSA) is 83.8 Å². The molecule has 1 aliphatic carbocycles. The molecule has 1 fully saturated rings. The van der Waals surface area contributed by atoms with E-state index in [9.17, 15) is 13.2 Å². The van der Waals surface area contributed by atoms with E-state index in [0.29, 0.717) is 22.6 Å². The highest BCUT2D eigenvalue weighted by Crippen LogP contribution is 2.36. The molecular weight excluding hydrogens is 412 g/mol. The number of sulfonamides is 1. The first-order valence-corrected chi connectivity index (χ1v) is 12.1. The van der Waals surface area contributed by atoms with Gasteiger partial charge in [0.1, 0.15) is 5.65 Å². The van der Waals surface area contributed by atoms with E-state index < -0.39 is 10.0 Å². The average Bonchev–Trinajstić information content (AvgIpc) is 3.44. The van der Waals surface area contributed by atoms with Crippen LogP contribution in [0.25, 0.3) is 5.65 Å². The summed E-state index contributed by atoms with van der Waals surface area (Å²) in [6, 6.07) is 12.4. The standard InChI is InChI=1S/C23H28N4O3S/c1-15(2)21-23(31(29,30)27(16(3)4)19-10-11-19)26-13-12-17(14-20(26)25-21)22(28)24-18-8-6-5-7-9-18/h5-9,12-16,19H,10-11H2,1-4H3,(H,24,28). The van der Waals surface area contributed by atoms with Gasteiger partial charge in [0.2, 0.25) is 0 Å². The fraction of sp³-hybridized carbons (Fsp3) is 0.391. The largest absolute Gasteiger partial charge is 0.322 e. The number of anilines is 1. The molecule has 0 atom stereocenters. The van der Waals surface area contributed by atoms with Gasteiger partial charge >= 0.3 is 0 Å². The van der Waals surface area contributed by atoms with Gasteiger partial charge in [-0.25, -0.2) is 13.4 Å². The van der Waals surface area contributed by atoms with E-state index in [0.717, 1.165) is 12.8 Å². The van der Waals surface area contributed by atoms with Gasteiger partial charge in [0, 0.05) is 29.5 Å². The summed E-state index contributed by atoms with van der Waals surface area (Å²) in [6.07, 6.45) is 3.40. The first kappa shape index (κ1) is 21.5. The Kier molecular flexibility index (Phi) is 5.61. The van der Waals surface area contributed by atoms with Gasteiger partial charge in [0.15, 0.2) is 5.03 Å². The van der Waals surface area contributed by atoms with Crippen LogP contribution < -0.4 is 5.32 Å². The quantitative estimate of drug-likeness (QED) is 0.595. The van der Waals surface area contributed by atoms with Crippen LogP contribution in [0.2, 0.25) is 0 Å². The number of nitrogens with zero attached hydrogens (tertiary/aromatic N) is 3. The molecule has 0 saturated heterocycles. The number of imidazole rings is 1. The normalized spacial score (nSPS) is 14.7. The molecule has 31 heavy (non-hydrogen) atoms. The highest BCUT2D eigenvalue weighted by molar-refractivity contribution is 7.89. The number of hydrogen-bond acceptors (Lipinski definition) is 4. The van der Waals surface area contributed by atoms with Crippen molar-refractivity contribution in [3.05, 3.63) is 59.9 Å². The highest BCUT2D eigenvalue weighted by atomic mass is 32.2. The number of hydrogen-bond donors (Lipinski definition) is 1. The number of nitrogens with one attached hydrogen (secondary N) is 1. The van der Waals surface area contributed by atoms with Crippen LogP contribution in [-0.4, -0.2) is 40.1 Å². The fourth-order valence-electron chi connectivity index (χ4n) is 3.86. The van der Waals surface area contributed by atoms with Crippen molar-refractivity contribution in [1.29, 1.82) is 0 Å². The smallest absolute Gasteiger partial charge is 0.261 e. The lowest BCUT2D eigenvalue weighted by Crippen LogP contribution is -2.39. The van der Waals surface area contributed by atoms with Crippen molar-refractivity contribution >= 4 is 27.3 Å². The van der Waals surface area contributed by atoms with Gasteiger partial charge in [-0.05, 0) is 56.9 Å². The molecule has 0 radical (unpaired) electrons. The van der Waals surface area contributed by atoms with Gasteiger partial charge in [-0.1, -0.05) is 32.0 Å². The Morgan fingerprint density at radius 1 is 1.13 bits per heavy atom. The minimum Gasteiger partial charge on any atom is -0.322 e. The van der Waals surface area contributed by atoms with Crippen molar-refractivity contribution in [2.24, 2.45) is 0 Å². The van der Waals surface area contributed by atoms with Gasteiger partial charge < -0.3 is 5.32 Å². The van der Waals surface area contributed by atoms with E-state index in [1.165, 1.54) is 0 Å². The number of fused-ring (bicyclic) bond motifs is 1. The molecule has 1 saturated carbocycles. The highest BCUT2D eigenvalue weighted by Gasteiger charge is 2.42.